The fraction of sp³-hybridized carbons (Fsp3) is 0.125. The lowest BCUT2D eigenvalue weighted by Crippen LogP contribution is -2.30. The smallest absolute Gasteiger partial charge is 0.339 e. The summed E-state index contributed by atoms with van der Waals surface area (Å²) in [6, 6.07) is 22.8. The standard InChI is InChI=1S/C24H20N2O3S/c27-23(25-13-12-18-9-6-14-30-18)16-29-24(28)20-15-22(17-7-2-1-3-8-17)26-21-11-5-4-10-19(20)21/h1-11,14-15H,12-13,16H2,(H,25,27). The van der Waals surface area contributed by atoms with E-state index in [2.05, 4.69) is 10.3 Å². The zero-order valence-electron chi connectivity index (χ0n) is 16.2. The van der Waals surface area contributed by atoms with E-state index in [1.807, 2.05) is 72.1 Å². The molecule has 0 aliphatic carbocycles. The predicted octanol–water partition coefficient (Wildman–Crippen LogP) is 4.48. The van der Waals surface area contributed by atoms with Gasteiger partial charge in [0.15, 0.2) is 6.61 Å². The van der Waals surface area contributed by atoms with Crippen LogP contribution in [0.1, 0.15) is 15.2 Å². The Morgan fingerprint density at radius 3 is 2.57 bits per heavy atom. The summed E-state index contributed by atoms with van der Waals surface area (Å²) in [5.74, 6) is -0.860. The average Bonchev–Trinajstić information content (AvgIpc) is 3.31. The Balaban J connectivity index is 1.46. The number of fused-ring (bicyclic) bond motifs is 1. The number of carbonyl (C=O) groups excluding carboxylic acids is 2. The molecule has 30 heavy (non-hydrogen) atoms. The number of pyridine rings is 1. The number of amides is 1. The number of aromatic nitrogens is 1. The number of ether oxygens (including phenoxy) is 1. The van der Waals surface area contributed by atoms with Crippen LogP contribution in [0.2, 0.25) is 0 Å². The minimum Gasteiger partial charge on any atom is -0.452 e. The molecular weight excluding hydrogens is 396 g/mol. The van der Waals surface area contributed by atoms with Crippen molar-refractivity contribution in [3.05, 3.63) is 88.6 Å². The number of esters is 1. The number of hydrogen-bond acceptors (Lipinski definition) is 5. The monoisotopic (exact) mass is 416 g/mol. The number of thiophene rings is 1. The predicted molar refractivity (Wildman–Crippen MR) is 118 cm³/mol. The van der Waals surface area contributed by atoms with Gasteiger partial charge in [0.25, 0.3) is 5.91 Å². The van der Waals surface area contributed by atoms with Gasteiger partial charge in [-0.05, 0) is 30.0 Å². The first kappa shape index (κ1) is 19.8. The summed E-state index contributed by atoms with van der Waals surface area (Å²) < 4.78 is 5.30. The summed E-state index contributed by atoms with van der Waals surface area (Å²) in [6.07, 6.45) is 0.757. The van der Waals surface area contributed by atoms with Crippen LogP contribution in [0.4, 0.5) is 0 Å². The van der Waals surface area contributed by atoms with Crippen LogP contribution >= 0.6 is 11.3 Å². The molecule has 0 bridgehead atoms. The van der Waals surface area contributed by atoms with Crippen molar-refractivity contribution in [2.24, 2.45) is 0 Å². The highest BCUT2D eigenvalue weighted by Crippen LogP contribution is 2.25. The van der Waals surface area contributed by atoms with Gasteiger partial charge in [-0.1, -0.05) is 54.6 Å². The number of benzene rings is 2. The summed E-state index contributed by atoms with van der Waals surface area (Å²) in [4.78, 5) is 30.7. The van der Waals surface area contributed by atoms with Gasteiger partial charge in [0.05, 0.1) is 16.8 Å². The Morgan fingerprint density at radius 1 is 0.967 bits per heavy atom. The topological polar surface area (TPSA) is 68.3 Å². The van der Waals surface area contributed by atoms with E-state index < -0.39 is 5.97 Å². The van der Waals surface area contributed by atoms with E-state index in [1.165, 1.54) is 4.88 Å². The van der Waals surface area contributed by atoms with Crippen LogP contribution in [0, 0.1) is 0 Å². The molecule has 0 atom stereocenters. The molecule has 1 N–H and O–H groups in total. The second-order valence-corrected chi connectivity index (χ2v) is 7.73. The summed E-state index contributed by atoms with van der Waals surface area (Å²) in [7, 11) is 0. The first-order valence-electron chi connectivity index (χ1n) is 9.62. The molecule has 4 aromatic rings. The lowest BCUT2D eigenvalue weighted by molar-refractivity contribution is -0.124. The van der Waals surface area contributed by atoms with Crippen molar-refractivity contribution in [3.63, 3.8) is 0 Å². The number of hydrogen-bond donors (Lipinski definition) is 1. The molecule has 0 spiro atoms. The number of rotatable bonds is 7. The van der Waals surface area contributed by atoms with E-state index in [-0.39, 0.29) is 12.5 Å². The van der Waals surface area contributed by atoms with Crippen molar-refractivity contribution in [2.75, 3.05) is 13.2 Å². The maximum atomic E-state index is 12.8. The molecule has 2 heterocycles. The number of nitrogens with one attached hydrogen (secondary N) is 1. The van der Waals surface area contributed by atoms with Crippen molar-refractivity contribution in [1.82, 2.24) is 10.3 Å². The normalized spacial score (nSPS) is 10.7. The minimum atomic E-state index is -0.542. The van der Waals surface area contributed by atoms with Crippen LogP contribution in [0.15, 0.2) is 78.2 Å². The zero-order valence-corrected chi connectivity index (χ0v) is 17.0. The average molecular weight is 417 g/mol. The summed E-state index contributed by atoms with van der Waals surface area (Å²) in [6.45, 7) is 0.188. The molecule has 0 saturated carbocycles. The first-order chi connectivity index (χ1) is 14.7. The molecule has 0 aliphatic rings. The SMILES string of the molecule is O=C(COC(=O)c1cc(-c2ccccc2)nc2ccccc12)NCCc1cccs1. The van der Waals surface area contributed by atoms with Gasteiger partial charge in [0.1, 0.15) is 0 Å². The Hall–Kier alpha value is -3.51. The van der Waals surface area contributed by atoms with Crippen LogP contribution in [0.25, 0.3) is 22.2 Å². The fourth-order valence-corrected chi connectivity index (χ4v) is 3.85. The van der Waals surface area contributed by atoms with Crippen LogP contribution in [0.3, 0.4) is 0 Å². The first-order valence-corrected chi connectivity index (χ1v) is 10.5. The fourth-order valence-electron chi connectivity index (χ4n) is 3.14. The van der Waals surface area contributed by atoms with Crippen molar-refractivity contribution in [1.29, 1.82) is 0 Å². The van der Waals surface area contributed by atoms with Gasteiger partial charge in [-0.3, -0.25) is 4.79 Å². The van der Waals surface area contributed by atoms with E-state index in [0.717, 1.165) is 12.0 Å². The van der Waals surface area contributed by atoms with E-state index in [4.69, 9.17) is 4.74 Å². The quantitative estimate of drug-likeness (QED) is 0.451. The third-order valence-corrected chi connectivity index (χ3v) is 5.55. The van der Waals surface area contributed by atoms with Crippen molar-refractivity contribution < 1.29 is 14.3 Å². The highest BCUT2D eigenvalue weighted by molar-refractivity contribution is 7.09. The van der Waals surface area contributed by atoms with Gasteiger partial charge in [0.2, 0.25) is 0 Å². The second kappa shape index (κ2) is 9.33. The highest BCUT2D eigenvalue weighted by Gasteiger charge is 2.16. The lowest BCUT2D eigenvalue weighted by Gasteiger charge is -2.10. The number of para-hydroxylation sites is 1. The van der Waals surface area contributed by atoms with Crippen molar-refractivity contribution >= 4 is 34.1 Å². The molecule has 0 aliphatic heterocycles. The molecule has 1 amide bonds. The molecule has 2 aromatic heterocycles. The van der Waals surface area contributed by atoms with Gasteiger partial charge < -0.3 is 10.1 Å². The number of nitrogens with zero attached hydrogens (tertiary/aromatic N) is 1. The van der Waals surface area contributed by atoms with Gasteiger partial charge in [-0.25, -0.2) is 9.78 Å². The van der Waals surface area contributed by atoms with Crippen molar-refractivity contribution in [2.45, 2.75) is 6.42 Å². The maximum Gasteiger partial charge on any atom is 0.339 e. The van der Waals surface area contributed by atoms with E-state index in [1.54, 1.807) is 17.4 Å². The van der Waals surface area contributed by atoms with E-state index >= 15 is 0 Å². The molecule has 0 unspecified atom stereocenters. The van der Waals surface area contributed by atoms with Gasteiger partial charge >= 0.3 is 5.97 Å². The van der Waals surface area contributed by atoms with Crippen LogP contribution < -0.4 is 5.32 Å². The van der Waals surface area contributed by atoms with Crippen LogP contribution in [-0.2, 0) is 16.0 Å². The van der Waals surface area contributed by atoms with Crippen molar-refractivity contribution in [3.8, 4) is 11.3 Å². The molecule has 0 radical (unpaired) electrons. The molecule has 150 valence electrons. The number of carbonyl (C=O) groups is 2. The molecule has 0 saturated heterocycles. The Labute approximate surface area is 178 Å². The third kappa shape index (κ3) is 4.72. The highest BCUT2D eigenvalue weighted by atomic mass is 32.1. The summed E-state index contributed by atoms with van der Waals surface area (Å²) in [5.41, 5.74) is 2.68. The molecule has 6 heteroatoms. The third-order valence-electron chi connectivity index (χ3n) is 4.61. The van der Waals surface area contributed by atoms with E-state index in [0.29, 0.717) is 28.7 Å². The van der Waals surface area contributed by atoms with Gasteiger partial charge in [-0.2, -0.15) is 0 Å². The van der Waals surface area contributed by atoms with Gasteiger partial charge in [-0.15, -0.1) is 11.3 Å². The molecule has 5 nitrogen and oxygen atoms in total. The van der Waals surface area contributed by atoms with Crippen LogP contribution in [0.5, 0.6) is 0 Å². The largest absolute Gasteiger partial charge is 0.452 e. The van der Waals surface area contributed by atoms with Crippen LogP contribution in [-0.4, -0.2) is 30.0 Å². The maximum absolute atomic E-state index is 12.8. The molecule has 4 rings (SSSR count). The summed E-state index contributed by atoms with van der Waals surface area (Å²) >= 11 is 1.65. The second-order valence-electron chi connectivity index (χ2n) is 6.69. The Kier molecular flexibility index (Phi) is 6.15. The molecule has 0 fully saturated rings. The summed E-state index contributed by atoms with van der Waals surface area (Å²) in [5, 5.41) is 5.48. The lowest BCUT2D eigenvalue weighted by atomic mass is 10.0. The Morgan fingerprint density at radius 2 is 1.77 bits per heavy atom. The molecular formula is C24H20N2O3S. The Bertz CT molecular complexity index is 1160. The molecule has 2 aromatic carbocycles. The van der Waals surface area contributed by atoms with E-state index in [9.17, 15) is 9.59 Å². The van der Waals surface area contributed by atoms with Gasteiger partial charge in [0, 0.05) is 22.4 Å². The minimum absolute atomic E-state index is 0.318. The zero-order chi connectivity index (χ0) is 20.8.